The summed E-state index contributed by atoms with van der Waals surface area (Å²) < 4.78 is 18.5. The molecule has 2 rings (SSSR count). The summed E-state index contributed by atoms with van der Waals surface area (Å²) in [6.07, 6.45) is 4.20. The summed E-state index contributed by atoms with van der Waals surface area (Å²) in [6, 6.07) is 4.72. The van der Waals surface area contributed by atoms with E-state index in [1.54, 1.807) is 12.1 Å². The molecule has 0 radical (unpaired) electrons. The van der Waals surface area contributed by atoms with Gasteiger partial charge in [-0.15, -0.1) is 0 Å². The molecule has 2 N–H and O–H groups in total. The molecule has 3 nitrogen and oxygen atoms in total. The molecule has 4 heteroatoms. The predicted molar refractivity (Wildman–Crippen MR) is 76.2 cm³/mol. The van der Waals surface area contributed by atoms with Gasteiger partial charge in [0, 0.05) is 12.3 Å². The van der Waals surface area contributed by atoms with E-state index in [4.69, 9.17) is 10.5 Å². The van der Waals surface area contributed by atoms with Crippen LogP contribution in [-0.2, 0) is 11.2 Å². The maximum absolute atomic E-state index is 13.6. The third-order valence-electron chi connectivity index (χ3n) is 4.23. The number of benzene rings is 1. The molecule has 0 heterocycles. The van der Waals surface area contributed by atoms with Crippen LogP contribution in [0, 0.1) is 17.7 Å². The van der Waals surface area contributed by atoms with E-state index in [-0.39, 0.29) is 17.5 Å². The van der Waals surface area contributed by atoms with E-state index in [2.05, 4.69) is 0 Å². The Labute approximate surface area is 119 Å². The smallest absolute Gasteiger partial charge is 0.165 e. The van der Waals surface area contributed by atoms with E-state index in [9.17, 15) is 9.18 Å². The second-order valence-electron chi connectivity index (χ2n) is 5.57. The zero-order valence-electron chi connectivity index (χ0n) is 11.9. The summed E-state index contributed by atoms with van der Waals surface area (Å²) in [5.74, 6) is 0.694. The van der Waals surface area contributed by atoms with Gasteiger partial charge in [-0.1, -0.05) is 6.07 Å². The van der Waals surface area contributed by atoms with Crippen molar-refractivity contribution in [1.82, 2.24) is 0 Å². The summed E-state index contributed by atoms with van der Waals surface area (Å²) in [5, 5.41) is 0. The van der Waals surface area contributed by atoms with Gasteiger partial charge in [0.15, 0.2) is 11.6 Å². The van der Waals surface area contributed by atoms with E-state index in [0.29, 0.717) is 24.4 Å². The molecule has 0 amide bonds. The number of ketones is 1. The van der Waals surface area contributed by atoms with Gasteiger partial charge in [0.1, 0.15) is 5.78 Å². The molecule has 1 saturated carbocycles. The highest BCUT2D eigenvalue weighted by Gasteiger charge is 2.25. The monoisotopic (exact) mass is 279 g/mol. The Kier molecular flexibility index (Phi) is 5.12. The minimum Gasteiger partial charge on any atom is -0.494 e. The van der Waals surface area contributed by atoms with Crippen LogP contribution in [0.4, 0.5) is 4.39 Å². The molecule has 20 heavy (non-hydrogen) atoms. The maximum Gasteiger partial charge on any atom is 0.165 e. The van der Waals surface area contributed by atoms with Crippen LogP contribution >= 0.6 is 0 Å². The van der Waals surface area contributed by atoms with Gasteiger partial charge >= 0.3 is 0 Å². The second-order valence-corrected chi connectivity index (χ2v) is 5.57. The van der Waals surface area contributed by atoms with Gasteiger partial charge in [-0.05, 0) is 55.8 Å². The fraction of sp³-hybridized carbons (Fsp3) is 0.562. The standard InChI is InChI=1S/C16H22FNO2/c1-20-16-7-4-12(8-14(16)17)9-15(19)13-5-2-11(10-18)3-6-13/h4,7-8,11,13H,2-3,5-6,9-10,18H2,1H3. The fourth-order valence-corrected chi connectivity index (χ4v) is 2.89. The summed E-state index contributed by atoms with van der Waals surface area (Å²) in [5.41, 5.74) is 6.37. The predicted octanol–water partition coefficient (Wildman–Crippen LogP) is 2.71. The van der Waals surface area contributed by atoms with Gasteiger partial charge < -0.3 is 10.5 Å². The molecule has 0 bridgehead atoms. The maximum atomic E-state index is 13.6. The number of hydrogen-bond acceptors (Lipinski definition) is 3. The average Bonchev–Trinajstić information content (AvgIpc) is 2.47. The lowest BCUT2D eigenvalue weighted by molar-refractivity contribution is -0.123. The SMILES string of the molecule is COc1ccc(CC(=O)C2CCC(CN)CC2)cc1F. The Bertz CT molecular complexity index is 468. The van der Waals surface area contributed by atoms with E-state index in [0.717, 1.165) is 25.7 Å². The second kappa shape index (κ2) is 6.84. The van der Waals surface area contributed by atoms with Gasteiger partial charge in [0.05, 0.1) is 7.11 Å². The van der Waals surface area contributed by atoms with Gasteiger partial charge in [0.2, 0.25) is 0 Å². The number of rotatable bonds is 5. The number of halogens is 1. The van der Waals surface area contributed by atoms with Crippen LogP contribution in [0.2, 0.25) is 0 Å². The van der Waals surface area contributed by atoms with Crippen LogP contribution in [0.15, 0.2) is 18.2 Å². The van der Waals surface area contributed by atoms with Crippen LogP contribution in [0.5, 0.6) is 5.75 Å². The average molecular weight is 279 g/mol. The van der Waals surface area contributed by atoms with Crippen molar-refractivity contribution in [2.24, 2.45) is 17.6 Å². The van der Waals surface area contributed by atoms with Crippen molar-refractivity contribution in [3.05, 3.63) is 29.6 Å². The lowest BCUT2D eigenvalue weighted by atomic mass is 9.79. The fourth-order valence-electron chi connectivity index (χ4n) is 2.89. The Hall–Kier alpha value is -1.42. The van der Waals surface area contributed by atoms with E-state index in [1.807, 2.05) is 0 Å². The van der Waals surface area contributed by atoms with Crippen LogP contribution in [0.1, 0.15) is 31.2 Å². The highest BCUT2D eigenvalue weighted by Crippen LogP contribution is 2.29. The number of carbonyl (C=O) groups excluding carboxylic acids is 1. The van der Waals surface area contributed by atoms with Crippen LogP contribution in [-0.4, -0.2) is 19.4 Å². The molecule has 1 aromatic carbocycles. The lowest BCUT2D eigenvalue weighted by Gasteiger charge is -2.26. The molecule has 0 aliphatic heterocycles. The van der Waals surface area contributed by atoms with Gasteiger partial charge in [-0.25, -0.2) is 4.39 Å². The Morgan fingerprint density at radius 1 is 1.35 bits per heavy atom. The zero-order chi connectivity index (χ0) is 14.5. The van der Waals surface area contributed by atoms with Crippen LogP contribution < -0.4 is 10.5 Å². The van der Waals surface area contributed by atoms with Crippen molar-refractivity contribution < 1.29 is 13.9 Å². The number of carbonyl (C=O) groups is 1. The molecule has 0 spiro atoms. The number of ether oxygens (including phenoxy) is 1. The molecule has 0 unspecified atom stereocenters. The van der Waals surface area contributed by atoms with E-state index < -0.39 is 5.82 Å². The highest BCUT2D eigenvalue weighted by atomic mass is 19.1. The normalized spacial score (nSPS) is 22.6. The first-order valence-electron chi connectivity index (χ1n) is 7.19. The van der Waals surface area contributed by atoms with Crippen molar-refractivity contribution >= 4 is 5.78 Å². The third kappa shape index (κ3) is 3.57. The summed E-state index contributed by atoms with van der Waals surface area (Å²) in [6.45, 7) is 0.713. The molecule has 1 aliphatic carbocycles. The summed E-state index contributed by atoms with van der Waals surface area (Å²) >= 11 is 0. The Balaban J connectivity index is 1.93. The van der Waals surface area contributed by atoms with Crippen molar-refractivity contribution in [3.63, 3.8) is 0 Å². The molecular formula is C16H22FNO2. The molecular weight excluding hydrogens is 257 g/mol. The highest BCUT2D eigenvalue weighted by molar-refractivity contribution is 5.83. The first kappa shape index (κ1) is 15.0. The first-order chi connectivity index (χ1) is 9.63. The molecule has 1 aromatic rings. The van der Waals surface area contributed by atoms with Crippen molar-refractivity contribution in [2.75, 3.05) is 13.7 Å². The quantitative estimate of drug-likeness (QED) is 0.901. The number of Topliss-reactive ketones (excluding diaryl/α,β-unsaturated/α-hetero) is 1. The lowest BCUT2D eigenvalue weighted by Crippen LogP contribution is -2.26. The minimum absolute atomic E-state index is 0.114. The van der Waals surface area contributed by atoms with Gasteiger partial charge in [0.25, 0.3) is 0 Å². The Morgan fingerprint density at radius 3 is 2.60 bits per heavy atom. The number of methoxy groups -OCH3 is 1. The molecule has 0 atom stereocenters. The topological polar surface area (TPSA) is 52.3 Å². The number of hydrogen-bond donors (Lipinski definition) is 1. The molecule has 110 valence electrons. The van der Waals surface area contributed by atoms with E-state index >= 15 is 0 Å². The summed E-state index contributed by atoms with van der Waals surface area (Å²) in [4.78, 5) is 12.2. The largest absolute Gasteiger partial charge is 0.494 e. The van der Waals surface area contributed by atoms with Crippen molar-refractivity contribution in [1.29, 1.82) is 0 Å². The van der Waals surface area contributed by atoms with Crippen LogP contribution in [0.3, 0.4) is 0 Å². The van der Waals surface area contributed by atoms with Crippen molar-refractivity contribution in [3.8, 4) is 5.75 Å². The molecule has 0 saturated heterocycles. The van der Waals surface area contributed by atoms with Crippen molar-refractivity contribution in [2.45, 2.75) is 32.1 Å². The minimum atomic E-state index is -0.412. The van der Waals surface area contributed by atoms with E-state index in [1.165, 1.54) is 13.2 Å². The Morgan fingerprint density at radius 2 is 2.05 bits per heavy atom. The summed E-state index contributed by atoms with van der Waals surface area (Å²) in [7, 11) is 1.43. The molecule has 1 fully saturated rings. The van der Waals surface area contributed by atoms with Gasteiger partial charge in [-0.2, -0.15) is 0 Å². The van der Waals surface area contributed by atoms with Crippen LogP contribution in [0.25, 0.3) is 0 Å². The van der Waals surface area contributed by atoms with Gasteiger partial charge in [-0.3, -0.25) is 4.79 Å². The molecule has 1 aliphatic rings. The number of nitrogens with two attached hydrogens (primary N) is 1. The third-order valence-corrected chi connectivity index (χ3v) is 4.23. The molecule has 0 aromatic heterocycles. The zero-order valence-corrected chi connectivity index (χ0v) is 11.9. The first-order valence-corrected chi connectivity index (χ1v) is 7.19.